The van der Waals surface area contributed by atoms with E-state index in [1.165, 1.54) is 6.42 Å². The summed E-state index contributed by atoms with van der Waals surface area (Å²) in [6, 6.07) is 0. The normalized spacial score (nSPS) is 15.4. The minimum Gasteiger partial charge on any atom is -0.150 e. The van der Waals surface area contributed by atoms with E-state index in [2.05, 4.69) is 52.8 Å². The van der Waals surface area contributed by atoms with Gasteiger partial charge in [0.1, 0.15) is 0 Å². The molecule has 0 aromatic rings. The van der Waals surface area contributed by atoms with Gasteiger partial charge in [-0.3, -0.25) is 0 Å². The lowest BCUT2D eigenvalue weighted by atomic mass is 9.71. The molecule has 0 aliphatic rings. The van der Waals surface area contributed by atoms with Gasteiger partial charge in [0, 0.05) is 0 Å². The lowest BCUT2D eigenvalue weighted by molar-refractivity contribution is 0.167. The Labute approximate surface area is 100 Å². The van der Waals surface area contributed by atoms with E-state index in [4.69, 9.17) is 0 Å². The van der Waals surface area contributed by atoms with Crippen LogP contribution in [0.15, 0.2) is 17.3 Å². The van der Waals surface area contributed by atoms with Crippen LogP contribution in [-0.2, 0) is 0 Å². The van der Waals surface area contributed by atoms with E-state index in [9.17, 15) is 4.91 Å². The highest BCUT2D eigenvalue weighted by Gasteiger charge is 2.27. The van der Waals surface area contributed by atoms with Crippen LogP contribution in [0.3, 0.4) is 0 Å². The molecule has 0 rings (SSSR count). The average Bonchev–Trinajstić information content (AvgIpc) is 2.06. The second kappa shape index (κ2) is 6.17. The first kappa shape index (κ1) is 15.3. The van der Waals surface area contributed by atoms with Crippen molar-refractivity contribution < 1.29 is 0 Å². The fourth-order valence-corrected chi connectivity index (χ4v) is 1.86. The smallest absolute Gasteiger partial charge is 0.0992 e. The lowest BCUT2D eigenvalue weighted by Crippen LogP contribution is -2.25. The van der Waals surface area contributed by atoms with Gasteiger partial charge in [-0.25, -0.2) is 0 Å². The summed E-state index contributed by atoms with van der Waals surface area (Å²) in [7, 11) is 0. The van der Waals surface area contributed by atoms with Gasteiger partial charge in [0.25, 0.3) is 0 Å². The lowest BCUT2D eigenvalue weighted by Gasteiger charge is -2.35. The number of allylic oxidation sites excluding steroid dienone is 1. The predicted molar refractivity (Wildman–Crippen MR) is 71.4 cm³/mol. The van der Waals surface area contributed by atoms with E-state index in [1.54, 1.807) is 0 Å². The van der Waals surface area contributed by atoms with Gasteiger partial charge < -0.3 is 0 Å². The minimum absolute atomic E-state index is 0.298. The molecule has 0 aromatic carbocycles. The van der Waals surface area contributed by atoms with Crippen LogP contribution >= 0.6 is 0 Å². The van der Waals surface area contributed by atoms with Crippen molar-refractivity contribution in [1.29, 1.82) is 0 Å². The zero-order valence-corrected chi connectivity index (χ0v) is 11.7. The van der Waals surface area contributed by atoms with Crippen molar-refractivity contribution >= 4 is 0 Å². The molecule has 1 atom stereocenters. The Morgan fingerprint density at radius 3 is 2.00 bits per heavy atom. The summed E-state index contributed by atoms with van der Waals surface area (Å²) in [6.07, 6.45) is 6.21. The third-order valence-electron chi connectivity index (χ3n) is 2.85. The molecular formula is C14H27NO. The Bertz CT molecular complexity index is 230. The minimum atomic E-state index is 0.298. The molecule has 0 aliphatic heterocycles. The molecule has 0 spiro atoms. The van der Waals surface area contributed by atoms with Crippen molar-refractivity contribution in [2.24, 2.45) is 21.9 Å². The topological polar surface area (TPSA) is 29.4 Å². The molecular weight excluding hydrogens is 198 g/mol. The highest BCUT2D eigenvalue weighted by Crippen LogP contribution is 2.38. The van der Waals surface area contributed by atoms with Gasteiger partial charge in [-0.05, 0) is 29.6 Å². The summed E-state index contributed by atoms with van der Waals surface area (Å²) >= 11 is 0. The first-order chi connectivity index (χ1) is 7.17. The summed E-state index contributed by atoms with van der Waals surface area (Å²) in [4.78, 5) is 9.97. The number of nitrogens with zero attached hydrogens (tertiary/aromatic N) is 1. The largest absolute Gasteiger partial charge is 0.150 e. The molecule has 0 bridgehead atoms. The summed E-state index contributed by atoms with van der Waals surface area (Å²) in [5.74, 6) is 0.649. The molecule has 1 unspecified atom stereocenters. The second-order valence-corrected chi connectivity index (χ2v) is 6.85. The van der Waals surface area contributed by atoms with E-state index >= 15 is 0 Å². The Morgan fingerprint density at radius 2 is 1.62 bits per heavy atom. The Kier molecular flexibility index (Phi) is 5.91. The second-order valence-electron chi connectivity index (χ2n) is 6.85. The zero-order valence-electron chi connectivity index (χ0n) is 11.7. The number of rotatable bonds is 5. The molecule has 94 valence electrons. The maximum atomic E-state index is 9.97. The third-order valence-corrected chi connectivity index (χ3v) is 2.85. The van der Waals surface area contributed by atoms with E-state index < -0.39 is 0 Å². The van der Waals surface area contributed by atoms with Crippen LogP contribution in [0, 0.1) is 21.7 Å². The quantitative estimate of drug-likeness (QED) is 0.488. The first-order valence-corrected chi connectivity index (χ1v) is 6.11. The van der Waals surface area contributed by atoms with Gasteiger partial charge in [0.05, 0.1) is 6.54 Å². The maximum Gasteiger partial charge on any atom is 0.0992 e. The van der Waals surface area contributed by atoms with Gasteiger partial charge in [0.15, 0.2) is 0 Å². The summed E-state index contributed by atoms with van der Waals surface area (Å²) in [5.41, 5.74) is 0.668. The van der Waals surface area contributed by atoms with Crippen LogP contribution in [0.2, 0.25) is 0 Å². The molecule has 0 aromatic heterocycles. The predicted octanol–water partition coefficient (Wildman–Crippen LogP) is 4.80. The Hall–Kier alpha value is -0.660. The molecule has 2 heteroatoms. The van der Waals surface area contributed by atoms with Crippen LogP contribution in [0.25, 0.3) is 0 Å². The Balaban J connectivity index is 4.40. The highest BCUT2D eigenvalue weighted by molar-refractivity contribution is 4.90. The third kappa shape index (κ3) is 7.61. The van der Waals surface area contributed by atoms with Crippen LogP contribution in [0.5, 0.6) is 0 Å². The number of hydrogen-bond acceptors (Lipinski definition) is 2. The first-order valence-electron chi connectivity index (χ1n) is 6.11. The van der Waals surface area contributed by atoms with E-state index in [-0.39, 0.29) is 0 Å². The van der Waals surface area contributed by atoms with Crippen molar-refractivity contribution in [3.63, 3.8) is 0 Å². The van der Waals surface area contributed by atoms with E-state index in [1.807, 2.05) is 6.08 Å². The van der Waals surface area contributed by atoms with Gasteiger partial charge in [-0.1, -0.05) is 58.9 Å². The molecule has 0 heterocycles. The summed E-state index contributed by atoms with van der Waals surface area (Å²) < 4.78 is 0. The van der Waals surface area contributed by atoms with Crippen LogP contribution in [-0.4, -0.2) is 6.54 Å². The molecule has 0 N–H and O–H groups in total. The molecule has 0 saturated carbocycles. The van der Waals surface area contributed by atoms with E-state index in [0.29, 0.717) is 23.3 Å². The highest BCUT2D eigenvalue weighted by atomic mass is 16.3. The molecule has 2 nitrogen and oxygen atoms in total. The monoisotopic (exact) mass is 225 g/mol. The van der Waals surface area contributed by atoms with E-state index in [0.717, 1.165) is 6.42 Å². The van der Waals surface area contributed by atoms with Crippen molar-refractivity contribution in [3.05, 3.63) is 17.1 Å². The maximum absolute atomic E-state index is 9.97. The van der Waals surface area contributed by atoms with Gasteiger partial charge in [0.2, 0.25) is 0 Å². The molecule has 0 fully saturated rings. The standard InChI is InChI=1S/C14H27NO/c1-13(2,3)11-12(14(4,5)6)9-7-8-10-15-16/h7-8,12H,9-11H2,1-6H3/b8-7-. The number of hydrogen-bond donors (Lipinski definition) is 0. The SMILES string of the molecule is CC(C)(C)CC(C/C=C\CN=O)C(C)(C)C. The average molecular weight is 225 g/mol. The van der Waals surface area contributed by atoms with Crippen molar-refractivity contribution in [2.45, 2.75) is 54.4 Å². The van der Waals surface area contributed by atoms with Crippen molar-refractivity contribution in [1.82, 2.24) is 0 Å². The molecule has 0 saturated heterocycles. The van der Waals surface area contributed by atoms with Crippen LogP contribution < -0.4 is 0 Å². The number of nitroso groups, excluding NO2 is 1. The molecule has 0 amide bonds. The van der Waals surface area contributed by atoms with Gasteiger partial charge in [-0.2, -0.15) is 4.91 Å². The summed E-state index contributed by atoms with van der Waals surface area (Å²) in [6.45, 7) is 14.0. The van der Waals surface area contributed by atoms with Gasteiger partial charge >= 0.3 is 0 Å². The fourth-order valence-electron chi connectivity index (χ4n) is 1.86. The zero-order chi connectivity index (χ0) is 12.8. The molecule has 0 aliphatic carbocycles. The van der Waals surface area contributed by atoms with Crippen LogP contribution in [0.4, 0.5) is 0 Å². The molecule has 16 heavy (non-hydrogen) atoms. The summed E-state index contributed by atoms with van der Waals surface area (Å²) in [5, 5.41) is 2.83. The molecule has 0 radical (unpaired) electrons. The van der Waals surface area contributed by atoms with Crippen LogP contribution in [0.1, 0.15) is 54.4 Å². The van der Waals surface area contributed by atoms with Crippen molar-refractivity contribution in [3.8, 4) is 0 Å². The fraction of sp³-hybridized carbons (Fsp3) is 0.857. The Morgan fingerprint density at radius 1 is 1.06 bits per heavy atom. The van der Waals surface area contributed by atoms with Crippen molar-refractivity contribution in [2.75, 3.05) is 6.54 Å². The van der Waals surface area contributed by atoms with Gasteiger partial charge in [-0.15, -0.1) is 0 Å².